The highest BCUT2D eigenvalue weighted by molar-refractivity contribution is 14.1. The summed E-state index contributed by atoms with van der Waals surface area (Å²) < 4.78 is 6.83. The number of anilines is 1. The number of rotatable bonds is 3. The summed E-state index contributed by atoms with van der Waals surface area (Å²) in [5.41, 5.74) is 6.13. The third-order valence-electron chi connectivity index (χ3n) is 2.94. The first-order valence-corrected chi connectivity index (χ1v) is 8.06. The molecule has 0 spiro atoms. The van der Waals surface area contributed by atoms with Crippen LogP contribution in [0.5, 0.6) is 5.75 Å². The van der Waals surface area contributed by atoms with Gasteiger partial charge in [0, 0.05) is 8.99 Å². The summed E-state index contributed by atoms with van der Waals surface area (Å²) in [4.78, 5) is 24.1. The summed E-state index contributed by atoms with van der Waals surface area (Å²) in [6, 6.07) is 0. The molecule has 0 aliphatic carbocycles. The van der Waals surface area contributed by atoms with E-state index in [4.69, 9.17) is 10.5 Å². The van der Waals surface area contributed by atoms with Crippen LogP contribution in [0.15, 0.2) is 4.47 Å². The molecule has 0 aliphatic rings. The van der Waals surface area contributed by atoms with Crippen LogP contribution in [0.2, 0.25) is 0 Å². The molecule has 0 aromatic heterocycles. The first kappa shape index (κ1) is 18.2. The number of ether oxygens (including phenoxy) is 1. The van der Waals surface area contributed by atoms with E-state index in [2.05, 4.69) is 43.8 Å². The molecule has 3 N–H and O–H groups in total. The molecule has 0 bridgehead atoms. The number of halogens is 2. The molecule has 0 heterocycles. The first-order valence-electron chi connectivity index (χ1n) is 6.19. The lowest BCUT2D eigenvalue weighted by Gasteiger charge is -2.23. The van der Waals surface area contributed by atoms with Crippen molar-refractivity contribution in [2.75, 3.05) is 12.4 Å². The van der Waals surface area contributed by atoms with Crippen molar-refractivity contribution in [1.82, 2.24) is 0 Å². The van der Waals surface area contributed by atoms with Gasteiger partial charge in [-0.25, -0.2) is 0 Å². The average Bonchev–Trinajstić information content (AvgIpc) is 2.35. The fourth-order valence-electron chi connectivity index (χ4n) is 1.70. The third kappa shape index (κ3) is 3.68. The van der Waals surface area contributed by atoms with E-state index < -0.39 is 11.3 Å². The highest BCUT2D eigenvalue weighted by Gasteiger charge is 2.28. The number of primary amides is 1. The van der Waals surface area contributed by atoms with Gasteiger partial charge >= 0.3 is 0 Å². The van der Waals surface area contributed by atoms with E-state index in [0.717, 1.165) is 3.57 Å². The number of hydrogen-bond acceptors (Lipinski definition) is 3. The lowest BCUT2D eigenvalue weighted by atomic mass is 9.95. The topological polar surface area (TPSA) is 81.4 Å². The van der Waals surface area contributed by atoms with Gasteiger partial charge in [0.2, 0.25) is 5.91 Å². The van der Waals surface area contributed by atoms with Crippen molar-refractivity contribution >= 4 is 56.0 Å². The Morgan fingerprint density at radius 3 is 2.24 bits per heavy atom. The summed E-state index contributed by atoms with van der Waals surface area (Å²) in [6.45, 7) is 7.13. The van der Waals surface area contributed by atoms with Crippen molar-refractivity contribution in [2.45, 2.75) is 27.7 Å². The van der Waals surface area contributed by atoms with Crippen LogP contribution in [-0.2, 0) is 4.79 Å². The van der Waals surface area contributed by atoms with Gasteiger partial charge in [0.25, 0.3) is 5.91 Å². The van der Waals surface area contributed by atoms with Gasteiger partial charge in [-0.1, -0.05) is 20.8 Å². The minimum atomic E-state index is -0.611. The van der Waals surface area contributed by atoms with Crippen LogP contribution in [0.25, 0.3) is 0 Å². The van der Waals surface area contributed by atoms with E-state index in [1.165, 1.54) is 7.11 Å². The molecule has 5 nitrogen and oxygen atoms in total. The molecule has 0 radical (unpaired) electrons. The Balaban J connectivity index is 3.62. The number of benzene rings is 1. The van der Waals surface area contributed by atoms with Crippen LogP contribution in [0, 0.1) is 15.9 Å². The van der Waals surface area contributed by atoms with Gasteiger partial charge in [0.05, 0.1) is 22.8 Å². The smallest absolute Gasteiger partial charge is 0.251 e. The minimum Gasteiger partial charge on any atom is -0.493 e. The number of nitrogens with one attached hydrogen (secondary N) is 1. The fourth-order valence-corrected chi connectivity index (χ4v) is 2.88. The van der Waals surface area contributed by atoms with Gasteiger partial charge in [0.1, 0.15) is 0 Å². The van der Waals surface area contributed by atoms with Crippen molar-refractivity contribution in [3.8, 4) is 5.75 Å². The van der Waals surface area contributed by atoms with Crippen molar-refractivity contribution in [2.24, 2.45) is 11.1 Å². The lowest BCUT2D eigenvalue weighted by molar-refractivity contribution is -0.123. The Bertz CT molecular complexity index is 609. The molecule has 0 saturated carbocycles. The second-order valence-corrected chi connectivity index (χ2v) is 7.48. The van der Waals surface area contributed by atoms with E-state index in [1.54, 1.807) is 27.7 Å². The number of carbonyl (C=O) groups is 2. The van der Waals surface area contributed by atoms with Crippen LogP contribution < -0.4 is 15.8 Å². The predicted octanol–water partition coefficient (Wildman–Crippen LogP) is 3.45. The number of nitrogens with two attached hydrogens (primary N) is 1. The van der Waals surface area contributed by atoms with E-state index >= 15 is 0 Å². The van der Waals surface area contributed by atoms with Crippen molar-refractivity contribution < 1.29 is 14.3 Å². The normalized spacial score (nSPS) is 11.2. The third-order valence-corrected chi connectivity index (χ3v) is 5.79. The maximum Gasteiger partial charge on any atom is 0.251 e. The molecule has 1 aromatic rings. The van der Waals surface area contributed by atoms with Gasteiger partial charge < -0.3 is 15.8 Å². The number of methoxy groups -OCH3 is 1. The van der Waals surface area contributed by atoms with Crippen molar-refractivity contribution in [3.05, 3.63) is 19.2 Å². The molecule has 0 saturated heterocycles. The maximum atomic E-state index is 12.2. The van der Waals surface area contributed by atoms with E-state index in [-0.39, 0.29) is 11.5 Å². The summed E-state index contributed by atoms with van der Waals surface area (Å²) in [5.74, 6) is -0.451. The molecule has 0 unspecified atom stereocenters. The molecule has 2 amide bonds. The Hall–Kier alpha value is -0.830. The summed E-state index contributed by atoms with van der Waals surface area (Å²) in [7, 11) is 1.48. The number of hydrogen-bond donors (Lipinski definition) is 2. The zero-order valence-corrected chi connectivity index (χ0v) is 16.3. The van der Waals surface area contributed by atoms with Gasteiger partial charge in [-0.2, -0.15) is 0 Å². The van der Waals surface area contributed by atoms with Crippen LogP contribution in [-0.4, -0.2) is 18.9 Å². The zero-order chi connectivity index (χ0) is 16.5. The van der Waals surface area contributed by atoms with E-state index in [0.29, 0.717) is 21.5 Å². The molecular formula is C14H18BrIN2O3. The Morgan fingerprint density at radius 2 is 1.86 bits per heavy atom. The minimum absolute atomic E-state index is 0.226. The van der Waals surface area contributed by atoms with Crippen LogP contribution in [0.1, 0.15) is 36.7 Å². The monoisotopic (exact) mass is 468 g/mol. The SMILES string of the molecule is COc1c(Br)c(I)c(C)c(C(N)=O)c1NC(=O)C(C)(C)C. The van der Waals surface area contributed by atoms with Gasteiger partial charge in [-0.05, 0) is 51.0 Å². The number of carbonyl (C=O) groups excluding carboxylic acids is 2. The summed E-state index contributed by atoms with van der Waals surface area (Å²) in [6.07, 6.45) is 0. The van der Waals surface area contributed by atoms with Crippen molar-refractivity contribution in [1.29, 1.82) is 0 Å². The Labute approximate surface area is 146 Å². The zero-order valence-electron chi connectivity index (χ0n) is 12.6. The molecule has 0 fully saturated rings. The van der Waals surface area contributed by atoms with Crippen LogP contribution in [0.4, 0.5) is 5.69 Å². The molecule has 116 valence electrons. The molecule has 0 atom stereocenters. The molecule has 0 aliphatic heterocycles. The van der Waals surface area contributed by atoms with Crippen molar-refractivity contribution in [3.63, 3.8) is 0 Å². The Morgan fingerprint density at radius 1 is 1.33 bits per heavy atom. The number of amides is 2. The molecule has 21 heavy (non-hydrogen) atoms. The van der Waals surface area contributed by atoms with E-state index in [9.17, 15) is 9.59 Å². The second kappa shape index (κ2) is 6.51. The quantitative estimate of drug-likeness (QED) is 0.666. The summed E-state index contributed by atoms with van der Waals surface area (Å²) in [5, 5.41) is 2.76. The summed E-state index contributed by atoms with van der Waals surface area (Å²) >= 11 is 5.53. The highest BCUT2D eigenvalue weighted by atomic mass is 127. The molecule has 1 aromatic carbocycles. The standard InChI is InChI=1S/C14H18BrIN2O3/c1-6-7(12(17)19)10(18-13(20)14(2,3)4)11(21-5)8(15)9(6)16/h1-5H3,(H2,17,19)(H,18,20). The predicted molar refractivity (Wildman–Crippen MR) is 94.8 cm³/mol. The van der Waals surface area contributed by atoms with Gasteiger partial charge in [0.15, 0.2) is 5.75 Å². The van der Waals surface area contributed by atoms with Gasteiger partial charge in [-0.15, -0.1) is 0 Å². The average molecular weight is 469 g/mol. The van der Waals surface area contributed by atoms with Crippen LogP contribution in [0.3, 0.4) is 0 Å². The highest BCUT2D eigenvalue weighted by Crippen LogP contribution is 2.42. The maximum absolute atomic E-state index is 12.2. The molecule has 1 rings (SSSR count). The molecular weight excluding hydrogens is 451 g/mol. The van der Waals surface area contributed by atoms with Crippen LogP contribution >= 0.6 is 38.5 Å². The lowest BCUT2D eigenvalue weighted by Crippen LogP contribution is -2.29. The molecule has 7 heteroatoms. The second-order valence-electron chi connectivity index (χ2n) is 5.60. The van der Waals surface area contributed by atoms with Gasteiger partial charge in [-0.3, -0.25) is 9.59 Å². The fraction of sp³-hybridized carbons (Fsp3) is 0.429. The largest absolute Gasteiger partial charge is 0.493 e. The van der Waals surface area contributed by atoms with E-state index in [1.807, 2.05) is 0 Å². The Kier molecular flexibility index (Phi) is 5.65. The first-order chi connectivity index (χ1) is 9.52.